The van der Waals surface area contributed by atoms with E-state index in [9.17, 15) is 9.59 Å². The first-order valence-electron chi connectivity index (χ1n) is 7.77. The molecule has 0 spiro atoms. The number of carbonyl (C=O) groups excluding carboxylic acids is 2. The molecule has 0 bridgehead atoms. The molecule has 5 nitrogen and oxygen atoms in total. The molecule has 0 saturated heterocycles. The number of nitrogens with one attached hydrogen (secondary N) is 2. The Hall–Kier alpha value is -2.60. The zero-order valence-corrected chi connectivity index (χ0v) is 15.2. The van der Waals surface area contributed by atoms with Gasteiger partial charge in [0.25, 0.3) is 5.91 Å². The number of benzene rings is 2. The Labute approximate surface area is 153 Å². The summed E-state index contributed by atoms with van der Waals surface area (Å²) in [6.07, 6.45) is 2.18. The minimum absolute atomic E-state index is 0.308. The third kappa shape index (κ3) is 3.91. The molecule has 1 aromatic heterocycles. The first-order chi connectivity index (χ1) is 12.1. The molecule has 0 saturated carbocycles. The molecular formula is C19H17BrN2O3. The van der Waals surface area contributed by atoms with Crippen molar-refractivity contribution < 1.29 is 14.3 Å². The average molecular weight is 401 g/mol. The van der Waals surface area contributed by atoms with Gasteiger partial charge in [0.2, 0.25) is 0 Å². The van der Waals surface area contributed by atoms with E-state index >= 15 is 0 Å². The average Bonchev–Trinajstić information content (AvgIpc) is 3.03. The highest BCUT2D eigenvalue weighted by molar-refractivity contribution is 9.10. The Morgan fingerprint density at radius 2 is 1.96 bits per heavy atom. The first kappa shape index (κ1) is 17.2. The third-order valence-electron chi connectivity index (χ3n) is 3.98. The van der Waals surface area contributed by atoms with Gasteiger partial charge in [-0.2, -0.15) is 0 Å². The maximum absolute atomic E-state index is 12.4. The highest BCUT2D eigenvalue weighted by Crippen LogP contribution is 2.24. The number of carbonyl (C=O) groups is 2. The maximum Gasteiger partial charge on any atom is 0.328 e. The maximum atomic E-state index is 12.4. The smallest absolute Gasteiger partial charge is 0.328 e. The molecule has 1 amide bonds. The van der Waals surface area contributed by atoms with Crippen molar-refractivity contribution in [2.24, 2.45) is 0 Å². The van der Waals surface area contributed by atoms with Crippen LogP contribution in [0.15, 0.2) is 59.2 Å². The van der Waals surface area contributed by atoms with E-state index in [1.165, 1.54) is 7.11 Å². The summed E-state index contributed by atoms with van der Waals surface area (Å²) in [5.41, 5.74) is 2.40. The molecule has 25 heavy (non-hydrogen) atoms. The molecule has 0 aliphatic carbocycles. The highest BCUT2D eigenvalue weighted by Gasteiger charge is 2.23. The molecule has 3 aromatic rings. The van der Waals surface area contributed by atoms with Crippen LogP contribution in [0.1, 0.15) is 15.9 Å². The van der Waals surface area contributed by atoms with Crippen LogP contribution in [-0.4, -0.2) is 30.0 Å². The summed E-state index contributed by atoms with van der Waals surface area (Å²) in [5, 5.41) is 3.76. The monoisotopic (exact) mass is 400 g/mol. The fraction of sp³-hybridized carbons (Fsp3) is 0.158. The van der Waals surface area contributed by atoms with Crippen molar-refractivity contribution in [2.75, 3.05) is 7.11 Å². The van der Waals surface area contributed by atoms with E-state index in [1.54, 1.807) is 24.3 Å². The second-order valence-electron chi connectivity index (χ2n) is 5.62. The van der Waals surface area contributed by atoms with Crippen LogP contribution in [0.3, 0.4) is 0 Å². The van der Waals surface area contributed by atoms with Crippen molar-refractivity contribution in [1.29, 1.82) is 0 Å². The molecule has 0 aliphatic rings. The van der Waals surface area contributed by atoms with E-state index in [-0.39, 0.29) is 5.91 Å². The van der Waals surface area contributed by atoms with Gasteiger partial charge in [-0.1, -0.05) is 34.1 Å². The number of esters is 1. The van der Waals surface area contributed by atoms with Gasteiger partial charge in [0.15, 0.2) is 0 Å². The predicted octanol–water partition coefficient (Wildman–Crippen LogP) is 3.44. The third-order valence-corrected chi connectivity index (χ3v) is 4.47. The number of amides is 1. The lowest BCUT2D eigenvalue weighted by molar-refractivity contribution is -0.142. The van der Waals surface area contributed by atoms with E-state index in [4.69, 9.17) is 4.74 Å². The van der Waals surface area contributed by atoms with Gasteiger partial charge < -0.3 is 15.0 Å². The lowest BCUT2D eigenvalue weighted by Crippen LogP contribution is -2.43. The van der Waals surface area contributed by atoms with Gasteiger partial charge in [0.05, 0.1) is 7.11 Å². The van der Waals surface area contributed by atoms with Gasteiger partial charge >= 0.3 is 5.97 Å². The number of aromatic nitrogens is 1. The molecule has 2 aromatic carbocycles. The molecule has 1 atom stereocenters. The zero-order chi connectivity index (χ0) is 17.8. The summed E-state index contributed by atoms with van der Waals surface area (Å²) in [4.78, 5) is 27.7. The molecule has 6 heteroatoms. The topological polar surface area (TPSA) is 71.2 Å². The number of H-pyrrole nitrogens is 1. The molecule has 3 rings (SSSR count). The van der Waals surface area contributed by atoms with Crippen molar-refractivity contribution in [3.63, 3.8) is 0 Å². The predicted molar refractivity (Wildman–Crippen MR) is 99.4 cm³/mol. The first-order valence-corrected chi connectivity index (χ1v) is 8.57. The van der Waals surface area contributed by atoms with Crippen LogP contribution in [0.4, 0.5) is 0 Å². The molecule has 0 aliphatic heterocycles. The number of aromatic amines is 1. The molecule has 1 unspecified atom stereocenters. The Balaban J connectivity index is 1.84. The fourth-order valence-electron chi connectivity index (χ4n) is 2.71. The van der Waals surface area contributed by atoms with Crippen molar-refractivity contribution in [3.8, 4) is 0 Å². The van der Waals surface area contributed by atoms with Crippen molar-refractivity contribution in [3.05, 3.63) is 70.3 Å². The molecule has 2 N–H and O–H groups in total. The van der Waals surface area contributed by atoms with E-state index < -0.39 is 12.0 Å². The van der Waals surface area contributed by atoms with Crippen LogP contribution in [0, 0.1) is 0 Å². The van der Waals surface area contributed by atoms with Crippen LogP contribution in [-0.2, 0) is 16.0 Å². The summed E-state index contributed by atoms with van der Waals surface area (Å²) < 4.78 is 5.81. The summed E-state index contributed by atoms with van der Waals surface area (Å²) >= 11 is 3.46. The van der Waals surface area contributed by atoms with Crippen LogP contribution in [0.2, 0.25) is 0 Å². The number of hydrogen-bond acceptors (Lipinski definition) is 3. The molecule has 0 radical (unpaired) electrons. The van der Waals surface area contributed by atoms with Gasteiger partial charge in [-0.05, 0) is 35.9 Å². The van der Waals surface area contributed by atoms with Crippen molar-refractivity contribution in [2.45, 2.75) is 12.5 Å². The Morgan fingerprint density at radius 1 is 1.20 bits per heavy atom. The summed E-state index contributed by atoms with van der Waals surface area (Å²) in [7, 11) is 1.32. The minimum atomic E-state index is -0.768. The number of hydrogen-bond donors (Lipinski definition) is 2. The van der Waals surface area contributed by atoms with Crippen LogP contribution >= 0.6 is 15.9 Å². The van der Waals surface area contributed by atoms with Crippen molar-refractivity contribution in [1.82, 2.24) is 10.3 Å². The summed E-state index contributed by atoms with van der Waals surface area (Å²) in [5.74, 6) is -0.786. The lowest BCUT2D eigenvalue weighted by atomic mass is 10.0. The van der Waals surface area contributed by atoms with E-state index in [0.717, 1.165) is 20.9 Å². The van der Waals surface area contributed by atoms with E-state index in [1.807, 2.05) is 30.5 Å². The summed E-state index contributed by atoms with van der Waals surface area (Å²) in [6, 6.07) is 13.9. The zero-order valence-electron chi connectivity index (χ0n) is 13.6. The standard InChI is InChI=1S/C19H17BrN2O3/c1-25-19(24)17(22-18(23)12-5-3-2-4-6-12)9-13-11-21-16-8-7-14(20)10-15(13)16/h2-8,10-11,17,21H,9H2,1H3,(H,22,23). The molecule has 0 fully saturated rings. The SMILES string of the molecule is COC(=O)C(Cc1c[nH]c2ccc(Br)cc12)NC(=O)c1ccccc1. The highest BCUT2D eigenvalue weighted by atomic mass is 79.9. The van der Waals surface area contributed by atoms with Crippen LogP contribution in [0.5, 0.6) is 0 Å². The Bertz CT molecular complexity index is 905. The molecule has 128 valence electrons. The second kappa shape index (κ2) is 7.53. The minimum Gasteiger partial charge on any atom is -0.467 e. The lowest BCUT2D eigenvalue weighted by Gasteiger charge is -2.16. The molecule has 1 heterocycles. The number of methoxy groups -OCH3 is 1. The Kier molecular flexibility index (Phi) is 5.19. The van der Waals surface area contributed by atoms with Gasteiger partial charge in [-0.25, -0.2) is 4.79 Å². The van der Waals surface area contributed by atoms with Gasteiger partial charge in [-0.3, -0.25) is 4.79 Å². The van der Waals surface area contributed by atoms with Gasteiger partial charge in [0.1, 0.15) is 6.04 Å². The second-order valence-corrected chi connectivity index (χ2v) is 6.54. The van der Waals surface area contributed by atoms with E-state index in [2.05, 4.69) is 26.2 Å². The Morgan fingerprint density at radius 3 is 2.68 bits per heavy atom. The van der Waals surface area contributed by atoms with Gasteiger partial charge in [-0.15, -0.1) is 0 Å². The quantitative estimate of drug-likeness (QED) is 0.644. The molecular weight excluding hydrogens is 384 g/mol. The number of ether oxygens (including phenoxy) is 1. The summed E-state index contributed by atoms with van der Waals surface area (Å²) in [6.45, 7) is 0. The number of fused-ring (bicyclic) bond motifs is 1. The number of rotatable bonds is 5. The fourth-order valence-corrected chi connectivity index (χ4v) is 3.07. The van der Waals surface area contributed by atoms with E-state index in [0.29, 0.717) is 12.0 Å². The largest absolute Gasteiger partial charge is 0.467 e. The normalized spacial score (nSPS) is 11.9. The van der Waals surface area contributed by atoms with Crippen LogP contribution in [0.25, 0.3) is 10.9 Å². The van der Waals surface area contributed by atoms with Crippen molar-refractivity contribution >= 4 is 38.7 Å². The number of halogens is 1. The van der Waals surface area contributed by atoms with Gasteiger partial charge in [0, 0.05) is 33.6 Å². The van der Waals surface area contributed by atoms with Crippen LogP contribution < -0.4 is 5.32 Å².